The Kier molecular flexibility index (Phi) is 6.33. The molecule has 3 nitrogen and oxygen atoms in total. The van der Waals surface area contributed by atoms with Crippen molar-refractivity contribution in [3.63, 3.8) is 0 Å². The van der Waals surface area contributed by atoms with Crippen LogP contribution in [0.4, 0.5) is 0 Å². The Balaban J connectivity index is 2.00. The summed E-state index contributed by atoms with van der Waals surface area (Å²) in [6.07, 6.45) is 5.05. The molecule has 0 aromatic heterocycles. The van der Waals surface area contributed by atoms with Gasteiger partial charge < -0.3 is 9.74 Å². The largest absolute Gasteiger partial charge is 0.545 e. The van der Waals surface area contributed by atoms with Gasteiger partial charge in [-0.05, 0) is 54.4 Å². The summed E-state index contributed by atoms with van der Waals surface area (Å²) < 4.78 is 7.20. The molecule has 0 bridgehead atoms. The van der Waals surface area contributed by atoms with Crippen molar-refractivity contribution in [3.05, 3.63) is 47.7 Å². The van der Waals surface area contributed by atoms with Crippen LogP contribution < -0.4 is 5.32 Å². The topological polar surface area (TPSA) is 38.3 Å². The van der Waals surface area contributed by atoms with E-state index in [4.69, 9.17) is 4.43 Å². The van der Waals surface area contributed by atoms with E-state index in [0.717, 1.165) is 25.0 Å². The summed E-state index contributed by atoms with van der Waals surface area (Å²) in [6.45, 7) is 16.2. The van der Waals surface area contributed by atoms with Crippen LogP contribution in [0.5, 0.6) is 0 Å². The average Bonchev–Trinajstić information content (AvgIpc) is 2.91. The van der Waals surface area contributed by atoms with Gasteiger partial charge in [0.25, 0.3) is 8.32 Å². The fourth-order valence-corrected chi connectivity index (χ4v) is 11.5. The van der Waals surface area contributed by atoms with E-state index in [0.29, 0.717) is 16.6 Å². The molecule has 1 aromatic carbocycles. The SMILES string of the molecule is CC(C)[Si](OC1=CCC[C@H]2NC(=O)[C@@H](Cc3ccccc3)[C@@]12C)(C(C)C)C(C)C. The second-order valence-electron chi connectivity index (χ2n) is 10.2. The van der Waals surface area contributed by atoms with Crippen LogP contribution in [-0.2, 0) is 15.6 Å². The second kappa shape index (κ2) is 8.29. The van der Waals surface area contributed by atoms with Crippen LogP contribution in [-0.4, -0.2) is 20.3 Å². The van der Waals surface area contributed by atoms with E-state index in [2.05, 4.69) is 84.1 Å². The molecule has 2 aliphatic rings. The third-order valence-corrected chi connectivity index (χ3v) is 13.7. The lowest BCUT2D eigenvalue weighted by Gasteiger charge is -2.48. The highest BCUT2D eigenvalue weighted by molar-refractivity contribution is 6.77. The number of hydrogen-bond donors (Lipinski definition) is 1. The Bertz CT molecular complexity index is 734. The summed E-state index contributed by atoms with van der Waals surface area (Å²) in [5.41, 5.74) is 2.50. The highest BCUT2D eigenvalue weighted by atomic mass is 28.4. The van der Waals surface area contributed by atoms with Crippen molar-refractivity contribution in [2.45, 2.75) is 90.4 Å². The molecule has 1 aromatic rings. The standard InChI is InChI=1S/C25H39NO2Si/c1-17(2)29(18(3)4,19(5)6)28-23-15-11-14-22-25(23,7)21(24(27)26-22)16-20-12-9-8-10-13-20/h8-10,12-13,15,17-19,21-22H,11,14,16H2,1-7H3,(H,26,27)/t21-,22-,25-/m1/s1. The van der Waals surface area contributed by atoms with Gasteiger partial charge in [0.1, 0.15) is 0 Å². The van der Waals surface area contributed by atoms with Crippen molar-refractivity contribution >= 4 is 14.2 Å². The molecule has 1 aliphatic carbocycles. The molecule has 0 saturated carbocycles. The van der Waals surface area contributed by atoms with Gasteiger partial charge in [-0.2, -0.15) is 0 Å². The van der Waals surface area contributed by atoms with Gasteiger partial charge in [-0.15, -0.1) is 0 Å². The van der Waals surface area contributed by atoms with Crippen LogP contribution in [0.25, 0.3) is 0 Å². The Labute approximate surface area is 178 Å². The van der Waals surface area contributed by atoms with Crippen molar-refractivity contribution in [1.82, 2.24) is 5.32 Å². The van der Waals surface area contributed by atoms with E-state index >= 15 is 0 Å². The molecule has 29 heavy (non-hydrogen) atoms. The van der Waals surface area contributed by atoms with Gasteiger partial charge in [-0.1, -0.05) is 71.9 Å². The molecule has 1 amide bonds. The summed E-state index contributed by atoms with van der Waals surface area (Å²) >= 11 is 0. The fraction of sp³-hybridized carbons (Fsp3) is 0.640. The maximum atomic E-state index is 13.1. The third-order valence-electron chi connectivity index (χ3n) is 7.67. The first-order valence-electron chi connectivity index (χ1n) is 11.4. The first kappa shape index (κ1) is 22.1. The van der Waals surface area contributed by atoms with Crippen LogP contribution in [0.15, 0.2) is 42.2 Å². The monoisotopic (exact) mass is 413 g/mol. The summed E-state index contributed by atoms with van der Waals surface area (Å²) in [5.74, 6) is 1.19. The van der Waals surface area contributed by atoms with E-state index in [1.807, 2.05) is 6.07 Å². The number of benzene rings is 1. The molecule has 1 saturated heterocycles. The minimum Gasteiger partial charge on any atom is -0.545 e. The number of allylic oxidation sites excluding steroid dienone is 1. The van der Waals surface area contributed by atoms with Crippen LogP contribution in [0, 0.1) is 11.3 Å². The van der Waals surface area contributed by atoms with Crippen molar-refractivity contribution in [1.29, 1.82) is 0 Å². The molecule has 4 heteroatoms. The van der Waals surface area contributed by atoms with E-state index < -0.39 is 8.32 Å². The third kappa shape index (κ3) is 3.69. The highest BCUT2D eigenvalue weighted by Gasteiger charge is 2.58. The molecule has 1 fully saturated rings. The molecule has 1 heterocycles. The second-order valence-corrected chi connectivity index (χ2v) is 15.5. The lowest BCUT2D eigenvalue weighted by atomic mass is 9.67. The molecule has 0 unspecified atom stereocenters. The number of nitrogens with one attached hydrogen (secondary N) is 1. The zero-order valence-electron chi connectivity index (χ0n) is 19.3. The first-order chi connectivity index (χ1) is 13.6. The van der Waals surface area contributed by atoms with Crippen molar-refractivity contribution in [3.8, 4) is 0 Å². The highest BCUT2D eigenvalue weighted by Crippen LogP contribution is 2.53. The molecule has 3 rings (SSSR count). The minimum absolute atomic E-state index is 0.0837. The number of hydrogen-bond acceptors (Lipinski definition) is 2. The molecule has 3 atom stereocenters. The van der Waals surface area contributed by atoms with E-state index in [-0.39, 0.29) is 23.3 Å². The molecule has 0 spiro atoms. The normalized spacial score (nSPS) is 27.2. The quantitative estimate of drug-likeness (QED) is 0.539. The summed E-state index contributed by atoms with van der Waals surface area (Å²) in [6, 6.07) is 10.6. The average molecular weight is 414 g/mol. The predicted molar refractivity (Wildman–Crippen MR) is 123 cm³/mol. The van der Waals surface area contributed by atoms with Gasteiger partial charge in [0, 0.05) is 6.04 Å². The zero-order chi connectivity index (χ0) is 21.4. The van der Waals surface area contributed by atoms with Gasteiger partial charge in [0.05, 0.1) is 17.1 Å². The molecule has 1 aliphatic heterocycles. The lowest BCUT2D eigenvalue weighted by Crippen LogP contribution is -2.51. The van der Waals surface area contributed by atoms with Gasteiger partial charge >= 0.3 is 0 Å². The maximum Gasteiger partial charge on any atom is 0.258 e. The summed E-state index contributed by atoms with van der Waals surface area (Å²) in [4.78, 5) is 13.1. The number of amides is 1. The summed E-state index contributed by atoms with van der Waals surface area (Å²) in [5, 5.41) is 3.33. The Morgan fingerprint density at radius 3 is 2.21 bits per heavy atom. The maximum absolute atomic E-state index is 13.1. The van der Waals surface area contributed by atoms with Crippen molar-refractivity contribution < 1.29 is 9.22 Å². The van der Waals surface area contributed by atoms with E-state index in [9.17, 15) is 4.79 Å². The Hall–Kier alpha value is -1.55. The molecule has 0 radical (unpaired) electrons. The number of carbonyl (C=O) groups excluding carboxylic acids is 1. The zero-order valence-corrected chi connectivity index (χ0v) is 20.3. The van der Waals surface area contributed by atoms with Crippen molar-refractivity contribution in [2.24, 2.45) is 11.3 Å². The van der Waals surface area contributed by atoms with Gasteiger partial charge in [0.15, 0.2) is 0 Å². The molecular formula is C25H39NO2Si. The van der Waals surface area contributed by atoms with Crippen molar-refractivity contribution in [2.75, 3.05) is 0 Å². The van der Waals surface area contributed by atoms with Gasteiger partial charge in [-0.3, -0.25) is 4.79 Å². The molecule has 160 valence electrons. The van der Waals surface area contributed by atoms with Crippen LogP contribution in [0.2, 0.25) is 16.6 Å². The number of carbonyl (C=O) groups is 1. The van der Waals surface area contributed by atoms with Crippen LogP contribution in [0.1, 0.15) is 66.9 Å². The Morgan fingerprint density at radius 2 is 1.66 bits per heavy atom. The van der Waals surface area contributed by atoms with E-state index in [1.165, 1.54) is 5.56 Å². The van der Waals surface area contributed by atoms with Crippen LogP contribution >= 0.6 is 0 Å². The smallest absolute Gasteiger partial charge is 0.258 e. The number of rotatable bonds is 7. The van der Waals surface area contributed by atoms with Gasteiger partial charge in [0.2, 0.25) is 5.91 Å². The predicted octanol–water partition coefficient (Wildman–Crippen LogP) is 6.22. The minimum atomic E-state index is -2.07. The Morgan fingerprint density at radius 1 is 1.07 bits per heavy atom. The van der Waals surface area contributed by atoms with Crippen LogP contribution in [0.3, 0.4) is 0 Å². The fourth-order valence-electron chi connectivity index (χ4n) is 6.10. The first-order valence-corrected chi connectivity index (χ1v) is 13.5. The number of fused-ring (bicyclic) bond motifs is 1. The summed E-state index contributed by atoms with van der Waals surface area (Å²) in [7, 11) is -2.07. The van der Waals surface area contributed by atoms with E-state index in [1.54, 1.807) is 0 Å². The lowest BCUT2D eigenvalue weighted by molar-refractivity contribution is -0.123. The van der Waals surface area contributed by atoms with Gasteiger partial charge in [-0.25, -0.2) is 0 Å². The molecule has 1 N–H and O–H groups in total. The molecular weight excluding hydrogens is 374 g/mol.